The first-order valence-corrected chi connectivity index (χ1v) is 12.7. The molecular formula is C18H33NO8S2. The number of nitrogens with zero attached hydrogens (tertiary/aromatic N) is 1. The highest BCUT2D eigenvalue weighted by Crippen LogP contribution is 2.26. The first-order valence-electron chi connectivity index (χ1n) is 9.98. The SMILES string of the molecule is CCCCCCCCCCCCOS(=O)(=O)OS(=O)(=O)C(C)(C#N)CCC(=O)O. The van der Waals surface area contributed by atoms with Crippen molar-refractivity contribution < 1.29 is 34.5 Å². The van der Waals surface area contributed by atoms with E-state index in [0.29, 0.717) is 6.42 Å². The molecule has 170 valence electrons. The monoisotopic (exact) mass is 455 g/mol. The lowest BCUT2D eigenvalue weighted by molar-refractivity contribution is -0.137. The topological polar surface area (TPSA) is 148 Å². The molecule has 9 nitrogen and oxygen atoms in total. The van der Waals surface area contributed by atoms with Crippen LogP contribution in [0.1, 0.15) is 90.9 Å². The zero-order valence-electron chi connectivity index (χ0n) is 17.3. The normalized spacial score (nSPS) is 14.2. The van der Waals surface area contributed by atoms with Crippen LogP contribution in [0.4, 0.5) is 0 Å². The maximum absolute atomic E-state index is 12.1. The number of carboxylic acid groups (broad SMARTS) is 1. The molecule has 29 heavy (non-hydrogen) atoms. The molecule has 0 aliphatic heterocycles. The van der Waals surface area contributed by atoms with E-state index in [1.165, 1.54) is 38.2 Å². The van der Waals surface area contributed by atoms with Crippen molar-refractivity contribution in [1.82, 2.24) is 0 Å². The summed E-state index contributed by atoms with van der Waals surface area (Å²) in [5, 5.41) is 17.7. The van der Waals surface area contributed by atoms with Crippen LogP contribution in [0.5, 0.6) is 0 Å². The highest BCUT2D eigenvalue weighted by atomic mass is 32.3. The number of nitriles is 1. The second-order valence-electron chi connectivity index (χ2n) is 7.17. The maximum Gasteiger partial charge on any atom is 0.414 e. The van der Waals surface area contributed by atoms with Crippen molar-refractivity contribution in [3.8, 4) is 6.07 Å². The predicted octanol–water partition coefficient (Wildman–Crippen LogP) is 3.66. The van der Waals surface area contributed by atoms with Gasteiger partial charge in [-0.15, -0.1) is 3.63 Å². The van der Waals surface area contributed by atoms with Gasteiger partial charge in [0.2, 0.25) is 0 Å². The van der Waals surface area contributed by atoms with Gasteiger partial charge in [0.1, 0.15) is 0 Å². The summed E-state index contributed by atoms with van der Waals surface area (Å²) in [6, 6.07) is 1.41. The van der Waals surface area contributed by atoms with Gasteiger partial charge < -0.3 is 5.11 Å². The van der Waals surface area contributed by atoms with Crippen molar-refractivity contribution in [1.29, 1.82) is 5.26 Å². The predicted molar refractivity (Wildman–Crippen MR) is 108 cm³/mol. The Labute approximate surface area is 174 Å². The van der Waals surface area contributed by atoms with Gasteiger partial charge in [0, 0.05) is 6.42 Å². The molecule has 0 aliphatic carbocycles. The van der Waals surface area contributed by atoms with Crippen molar-refractivity contribution in [2.75, 3.05) is 6.61 Å². The van der Waals surface area contributed by atoms with Gasteiger partial charge in [-0.3, -0.25) is 4.79 Å². The molecule has 0 spiro atoms. The van der Waals surface area contributed by atoms with E-state index >= 15 is 0 Å². The van der Waals surface area contributed by atoms with E-state index in [2.05, 4.69) is 14.7 Å². The standard InChI is InChI=1S/C18H33NO8S2/c1-3-4-5-6-7-8-9-10-11-12-15-26-29(24,25)27-28(22,23)18(2,16-19)14-13-17(20)21/h3-15H2,1-2H3,(H,20,21). The van der Waals surface area contributed by atoms with E-state index in [1.54, 1.807) is 0 Å². The van der Waals surface area contributed by atoms with Gasteiger partial charge in [0.05, 0.1) is 12.7 Å². The van der Waals surface area contributed by atoms with Crippen molar-refractivity contribution in [3.63, 3.8) is 0 Å². The molecule has 0 bridgehead atoms. The smallest absolute Gasteiger partial charge is 0.414 e. The second kappa shape index (κ2) is 13.9. The van der Waals surface area contributed by atoms with E-state index in [1.807, 2.05) is 0 Å². The summed E-state index contributed by atoms with van der Waals surface area (Å²) in [7, 11) is -9.80. The minimum atomic E-state index is -4.93. The highest BCUT2D eigenvalue weighted by molar-refractivity contribution is 7.98. The number of hydrogen-bond donors (Lipinski definition) is 1. The van der Waals surface area contributed by atoms with Crippen LogP contribution < -0.4 is 0 Å². The summed E-state index contributed by atoms with van der Waals surface area (Å²) in [6.07, 6.45) is 9.18. The number of carbonyl (C=O) groups is 1. The average molecular weight is 456 g/mol. The van der Waals surface area contributed by atoms with Crippen LogP contribution in [-0.2, 0) is 33.1 Å². The first-order chi connectivity index (χ1) is 13.5. The molecule has 0 rings (SSSR count). The lowest BCUT2D eigenvalue weighted by Gasteiger charge is -2.19. The summed E-state index contributed by atoms with van der Waals surface area (Å²) < 4.78 is 54.1. The molecule has 0 radical (unpaired) electrons. The molecule has 1 unspecified atom stereocenters. The summed E-state index contributed by atoms with van der Waals surface area (Å²) >= 11 is 0. The van der Waals surface area contributed by atoms with Gasteiger partial charge in [0.25, 0.3) is 0 Å². The van der Waals surface area contributed by atoms with Gasteiger partial charge in [-0.05, 0) is 19.8 Å². The van der Waals surface area contributed by atoms with Crippen LogP contribution in [-0.4, -0.2) is 39.3 Å². The van der Waals surface area contributed by atoms with Crippen LogP contribution >= 0.6 is 0 Å². The molecule has 0 heterocycles. The zero-order chi connectivity index (χ0) is 22.4. The van der Waals surface area contributed by atoms with Crippen molar-refractivity contribution in [2.24, 2.45) is 0 Å². The minimum absolute atomic E-state index is 0.229. The number of carboxylic acids is 1. The summed E-state index contributed by atoms with van der Waals surface area (Å²) in [4.78, 5) is 10.6. The molecule has 0 fully saturated rings. The largest absolute Gasteiger partial charge is 0.481 e. The van der Waals surface area contributed by atoms with Gasteiger partial charge >= 0.3 is 26.5 Å². The van der Waals surface area contributed by atoms with Gasteiger partial charge in [-0.2, -0.15) is 22.1 Å². The maximum atomic E-state index is 12.1. The number of hydrogen-bond acceptors (Lipinski definition) is 8. The Hall–Kier alpha value is -1.22. The Bertz CT molecular complexity index is 727. The number of aliphatic carboxylic acids is 1. The average Bonchev–Trinajstić information content (AvgIpc) is 2.63. The molecular weight excluding hydrogens is 422 g/mol. The van der Waals surface area contributed by atoms with Gasteiger partial charge in [0.15, 0.2) is 4.75 Å². The molecule has 0 aromatic rings. The fraction of sp³-hybridized carbons (Fsp3) is 0.889. The molecule has 0 saturated carbocycles. The molecule has 11 heteroatoms. The van der Waals surface area contributed by atoms with Crippen LogP contribution in [0.2, 0.25) is 0 Å². The highest BCUT2D eigenvalue weighted by Gasteiger charge is 2.44. The van der Waals surface area contributed by atoms with Crippen molar-refractivity contribution >= 4 is 26.5 Å². The van der Waals surface area contributed by atoms with Crippen molar-refractivity contribution in [3.05, 3.63) is 0 Å². The summed E-state index contributed by atoms with van der Waals surface area (Å²) in [6.45, 7) is 2.85. The van der Waals surface area contributed by atoms with Gasteiger partial charge in [-0.25, -0.2) is 4.18 Å². The summed E-state index contributed by atoms with van der Waals surface area (Å²) in [5.74, 6) is -1.32. The Balaban J connectivity index is 4.25. The quantitative estimate of drug-likeness (QED) is 0.306. The van der Waals surface area contributed by atoms with Crippen LogP contribution in [0.25, 0.3) is 0 Å². The summed E-state index contributed by atoms with van der Waals surface area (Å²) in [5.41, 5.74) is 0. The fourth-order valence-electron chi connectivity index (χ4n) is 2.54. The first kappa shape index (κ1) is 27.8. The number of unbranched alkanes of at least 4 members (excludes halogenated alkanes) is 9. The van der Waals surface area contributed by atoms with E-state index in [9.17, 15) is 21.6 Å². The second-order valence-corrected chi connectivity index (χ2v) is 10.6. The Morgan fingerprint density at radius 1 is 0.966 bits per heavy atom. The van der Waals surface area contributed by atoms with E-state index in [0.717, 1.165) is 32.6 Å². The lowest BCUT2D eigenvalue weighted by Crippen LogP contribution is -2.37. The molecule has 0 saturated heterocycles. The molecule has 0 aliphatic rings. The minimum Gasteiger partial charge on any atom is -0.481 e. The number of rotatable bonds is 18. The van der Waals surface area contributed by atoms with E-state index < -0.39 is 44.1 Å². The molecule has 1 atom stereocenters. The Morgan fingerprint density at radius 3 is 1.90 bits per heavy atom. The zero-order valence-corrected chi connectivity index (χ0v) is 18.9. The Morgan fingerprint density at radius 2 is 1.45 bits per heavy atom. The van der Waals surface area contributed by atoms with Crippen LogP contribution in [0.15, 0.2) is 0 Å². The fourth-order valence-corrected chi connectivity index (χ4v) is 4.96. The molecule has 0 aromatic carbocycles. The third kappa shape index (κ3) is 12.2. The molecule has 1 N–H and O–H groups in total. The lowest BCUT2D eigenvalue weighted by atomic mass is 10.1. The molecule has 0 amide bonds. The Kier molecular flexibility index (Phi) is 13.3. The van der Waals surface area contributed by atoms with Crippen LogP contribution in [0, 0.1) is 11.3 Å². The van der Waals surface area contributed by atoms with E-state index in [4.69, 9.17) is 10.4 Å². The third-order valence-corrected chi connectivity index (χ3v) is 7.74. The van der Waals surface area contributed by atoms with Gasteiger partial charge in [-0.1, -0.05) is 64.7 Å². The van der Waals surface area contributed by atoms with Crippen LogP contribution in [0.3, 0.4) is 0 Å². The third-order valence-electron chi connectivity index (χ3n) is 4.50. The molecule has 0 aromatic heterocycles. The van der Waals surface area contributed by atoms with E-state index in [-0.39, 0.29) is 6.61 Å². The van der Waals surface area contributed by atoms with Crippen molar-refractivity contribution in [2.45, 2.75) is 95.6 Å².